The zero-order valence-corrected chi connectivity index (χ0v) is 13.4. The van der Waals surface area contributed by atoms with Gasteiger partial charge in [0.1, 0.15) is 5.69 Å². The Hall–Kier alpha value is -2.60. The zero-order valence-electron chi connectivity index (χ0n) is 12.5. The molecule has 6 heteroatoms. The molecule has 0 fully saturated rings. The molecule has 116 valence electrons. The van der Waals surface area contributed by atoms with Crippen molar-refractivity contribution >= 4 is 9.84 Å². The van der Waals surface area contributed by atoms with E-state index < -0.39 is 9.84 Å². The van der Waals surface area contributed by atoms with Gasteiger partial charge in [0, 0.05) is 6.20 Å². The van der Waals surface area contributed by atoms with Crippen LogP contribution in [0.3, 0.4) is 0 Å². The number of benzene rings is 1. The van der Waals surface area contributed by atoms with Gasteiger partial charge in [-0.05, 0) is 43.3 Å². The molecule has 1 aromatic carbocycles. The summed E-state index contributed by atoms with van der Waals surface area (Å²) in [6.45, 7) is 1.91. The Bertz CT molecular complexity index is 891. The quantitative estimate of drug-likeness (QED) is 0.737. The largest absolute Gasteiger partial charge is 0.255 e. The minimum absolute atomic E-state index is 0.175. The van der Waals surface area contributed by atoms with Crippen LogP contribution in [0.15, 0.2) is 65.7 Å². The maximum Gasteiger partial charge on any atom is 0.184 e. The maximum absolute atomic E-state index is 12.4. The molecule has 2 heterocycles. The average molecular weight is 325 g/mol. The Kier molecular flexibility index (Phi) is 4.16. The third kappa shape index (κ3) is 3.60. The lowest BCUT2D eigenvalue weighted by atomic mass is 10.2. The van der Waals surface area contributed by atoms with Crippen LogP contribution in [0.1, 0.15) is 11.3 Å². The number of nitrogens with zero attached hydrogens (tertiary/aromatic N) is 3. The summed E-state index contributed by atoms with van der Waals surface area (Å²) < 4.78 is 24.8. The van der Waals surface area contributed by atoms with Crippen molar-refractivity contribution in [2.45, 2.75) is 17.6 Å². The Morgan fingerprint density at radius 2 is 1.65 bits per heavy atom. The van der Waals surface area contributed by atoms with Gasteiger partial charge in [-0.3, -0.25) is 4.98 Å². The van der Waals surface area contributed by atoms with Crippen LogP contribution in [0.5, 0.6) is 0 Å². The molecule has 0 atom stereocenters. The van der Waals surface area contributed by atoms with E-state index in [1.54, 1.807) is 42.6 Å². The van der Waals surface area contributed by atoms with Crippen molar-refractivity contribution < 1.29 is 8.42 Å². The van der Waals surface area contributed by atoms with Gasteiger partial charge in [-0.15, -0.1) is 5.10 Å². The average Bonchev–Trinajstić information content (AvgIpc) is 2.56. The van der Waals surface area contributed by atoms with E-state index in [-0.39, 0.29) is 5.75 Å². The minimum Gasteiger partial charge on any atom is -0.255 e. The van der Waals surface area contributed by atoms with Crippen LogP contribution in [-0.2, 0) is 15.6 Å². The molecule has 0 aliphatic carbocycles. The van der Waals surface area contributed by atoms with Crippen molar-refractivity contribution in [3.63, 3.8) is 0 Å². The molecule has 0 bridgehead atoms. The highest BCUT2D eigenvalue weighted by Crippen LogP contribution is 2.17. The van der Waals surface area contributed by atoms with Crippen LogP contribution < -0.4 is 0 Å². The number of aromatic nitrogens is 3. The Morgan fingerprint density at radius 1 is 0.870 bits per heavy atom. The predicted octanol–water partition coefficient (Wildman–Crippen LogP) is 2.82. The summed E-state index contributed by atoms with van der Waals surface area (Å²) in [4.78, 5) is 4.48. The van der Waals surface area contributed by atoms with E-state index in [1.165, 1.54) is 0 Å². The van der Waals surface area contributed by atoms with E-state index in [0.717, 1.165) is 5.56 Å². The number of hydrogen-bond acceptors (Lipinski definition) is 5. The lowest BCUT2D eigenvalue weighted by Gasteiger charge is -2.05. The third-order valence-electron chi connectivity index (χ3n) is 3.37. The molecule has 23 heavy (non-hydrogen) atoms. The summed E-state index contributed by atoms with van der Waals surface area (Å²) in [5.41, 5.74) is 2.74. The number of aryl methyl sites for hydroxylation is 1. The molecule has 0 unspecified atom stereocenters. The van der Waals surface area contributed by atoms with E-state index in [4.69, 9.17) is 0 Å². The van der Waals surface area contributed by atoms with Crippen LogP contribution in [0.25, 0.3) is 11.4 Å². The fourth-order valence-electron chi connectivity index (χ4n) is 2.11. The van der Waals surface area contributed by atoms with Crippen LogP contribution >= 0.6 is 0 Å². The molecule has 0 aliphatic heterocycles. The van der Waals surface area contributed by atoms with Gasteiger partial charge in [-0.1, -0.05) is 23.8 Å². The fraction of sp³-hybridized carbons (Fsp3) is 0.118. The van der Waals surface area contributed by atoms with Gasteiger partial charge in [0.25, 0.3) is 0 Å². The second-order valence-electron chi connectivity index (χ2n) is 5.20. The highest BCUT2D eigenvalue weighted by Gasteiger charge is 2.16. The first-order chi connectivity index (χ1) is 11.0. The fourth-order valence-corrected chi connectivity index (χ4v) is 3.37. The molecule has 0 spiro atoms. The molecule has 3 rings (SSSR count). The number of sulfone groups is 1. The highest BCUT2D eigenvalue weighted by atomic mass is 32.2. The first-order valence-electron chi connectivity index (χ1n) is 7.08. The number of hydrogen-bond donors (Lipinski definition) is 0. The molecule has 0 saturated carbocycles. The number of pyridine rings is 1. The zero-order chi connectivity index (χ0) is 16.3. The van der Waals surface area contributed by atoms with Crippen LogP contribution in [-0.4, -0.2) is 23.6 Å². The van der Waals surface area contributed by atoms with Gasteiger partial charge in [0.2, 0.25) is 0 Å². The first kappa shape index (κ1) is 15.3. The summed E-state index contributed by atoms with van der Waals surface area (Å²) in [6, 6.07) is 15.7. The second-order valence-corrected chi connectivity index (χ2v) is 7.19. The van der Waals surface area contributed by atoms with E-state index in [9.17, 15) is 8.42 Å². The molecule has 5 nitrogen and oxygen atoms in total. The molecule has 2 aromatic heterocycles. The summed E-state index contributed by atoms with van der Waals surface area (Å²) in [6.07, 6.45) is 1.67. The van der Waals surface area contributed by atoms with Crippen molar-refractivity contribution in [1.82, 2.24) is 15.2 Å². The Balaban J connectivity index is 1.82. The summed E-state index contributed by atoms with van der Waals surface area (Å²) in [5, 5.41) is 8.08. The van der Waals surface area contributed by atoms with Gasteiger partial charge in [0.05, 0.1) is 22.0 Å². The summed E-state index contributed by atoms with van der Waals surface area (Å²) >= 11 is 0. The smallest absolute Gasteiger partial charge is 0.184 e. The molecule has 0 saturated heterocycles. The van der Waals surface area contributed by atoms with Gasteiger partial charge in [-0.2, -0.15) is 5.10 Å². The van der Waals surface area contributed by atoms with Crippen molar-refractivity contribution in [3.8, 4) is 11.4 Å². The first-order valence-corrected chi connectivity index (χ1v) is 8.73. The van der Waals surface area contributed by atoms with Crippen LogP contribution in [0.2, 0.25) is 0 Å². The lowest BCUT2D eigenvalue weighted by molar-refractivity contribution is 0.594. The van der Waals surface area contributed by atoms with Gasteiger partial charge in [0.15, 0.2) is 9.84 Å². The second kappa shape index (κ2) is 6.26. The van der Waals surface area contributed by atoms with E-state index in [1.807, 2.05) is 25.1 Å². The molecular formula is C17H15N3O2S. The lowest BCUT2D eigenvalue weighted by Crippen LogP contribution is -2.07. The monoisotopic (exact) mass is 325 g/mol. The van der Waals surface area contributed by atoms with Gasteiger partial charge in [-0.25, -0.2) is 8.42 Å². The molecular weight excluding hydrogens is 310 g/mol. The molecule has 0 radical (unpaired) electrons. The van der Waals surface area contributed by atoms with E-state index in [2.05, 4.69) is 15.2 Å². The van der Waals surface area contributed by atoms with Crippen LogP contribution in [0, 0.1) is 6.92 Å². The normalized spacial score (nSPS) is 11.3. The van der Waals surface area contributed by atoms with Crippen LogP contribution in [0.4, 0.5) is 0 Å². The Morgan fingerprint density at radius 3 is 2.26 bits per heavy atom. The Labute approximate surface area is 135 Å². The van der Waals surface area contributed by atoms with Crippen molar-refractivity contribution in [2.75, 3.05) is 0 Å². The topological polar surface area (TPSA) is 72.8 Å². The summed E-state index contributed by atoms with van der Waals surface area (Å²) in [5.74, 6) is -0.175. The molecule has 3 aromatic rings. The van der Waals surface area contributed by atoms with E-state index >= 15 is 0 Å². The van der Waals surface area contributed by atoms with Crippen molar-refractivity contribution in [1.29, 1.82) is 0 Å². The van der Waals surface area contributed by atoms with Gasteiger partial charge < -0.3 is 0 Å². The molecule has 0 aliphatic rings. The minimum atomic E-state index is -3.43. The highest BCUT2D eigenvalue weighted by molar-refractivity contribution is 7.90. The van der Waals surface area contributed by atoms with Crippen molar-refractivity contribution in [2.24, 2.45) is 0 Å². The number of rotatable bonds is 4. The molecule has 0 N–H and O–H groups in total. The van der Waals surface area contributed by atoms with Gasteiger partial charge >= 0.3 is 0 Å². The standard InChI is InChI=1S/C17H15N3O2S/c1-13-5-8-15(9-6-13)23(21,22)12-14-7-10-17(20-19-14)16-4-2-3-11-18-16/h2-11H,12H2,1H3. The summed E-state index contributed by atoms with van der Waals surface area (Å²) in [7, 11) is -3.43. The van der Waals surface area contributed by atoms with E-state index in [0.29, 0.717) is 22.0 Å². The third-order valence-corrected chi connectivity index (χ3v) is 5.03. The SMILES string of the molecule is Cc1ccc(S(=O)(=O)Cc2ccc(-c3ccccn3)nn2)cc1. The van der Waals surface area contributed by atoms with Crippen molar-refractivity contribution in [3.05, 3.63) is 72.1 Å². The maximum atomic E-state index is 12.4. The molecule has 0 amide bonds. The predicted molar refractivity (Wildman–Crippen MR) is 87.3 cm³/mol.